The zero-order valence-corrected chi connectivity index (χ0v) is 14.0. The molecule has 1 unspecified atom stereocenters. The van der Waals surface area contributed by atoms with Gasteiger partial charge in [0, 0.05) is 5.88 Å². The lowest BCUT2D eigenvalue weighted by Crippen LogP contribution is -2.18. The van der Waals surface area contributed by atoms with Crippen molar-refractivity contribution in [2.75, 3.05) is 19.1 Å². The molecule has 0 N–H and O–H groups in total. The average molecular weight is 313 g/mol. The maximum absolute atomic E-state index is 5.96. The Bertz CT molecular complexity index is 329. The number of hydrogen-bond donors (Lipinski definition) is 0. The summed E-state index contributed by atoms with van der Waals surface area (Å²) in [5.74, 6) is 1.46. The number of hydrogen-bond acceptors (Lipinski definition) is 2. The van der Waals surface area contributed by atoms with Crippen LogP contribution in [0.5, 0.6) is 5.75 Å². The molecule has 120 valence electrons. The average Bonchev–Trinajstić information content (AvgIpc) is 2.53. The van der Waals surface area contributed by atoms with Crippen LogP contribution in [0.25, 0.3) is 0 Å². The Balaban J connectivity index is 2.00. The Morgan fingerprint density at radius 3 is 2.38 bits per heavy atom. The molecule has 0 aliphatic heterocycles. The second kappa shape index (κ2) is 13.0. The number of ether oxygens (including phenoxy) is 2. The molecule has 0 spiro atoms. The van der Waals surface area contributed by atoms with Crippen LogP contribution in [0.2, 0.25) is 0 Å². The van der Waals surface area contributed by atoms with Crippen LogP contribution in [-0.4, -0.2) is 25.2 Å². The first-order valence-electron chi connectivity index (χ1n) is 8.22. The van der Waals surface area contributed by atoms with E-state index in [0.717, 1.165) is 12.2 Å². The van der Waals surface area contributed by atoms with Crippen molar-refractivity contribution in [1.82, 2.24) is 0 Å². The number of benzene rings is 1. The molecule has 0 heterocycles. The SMILES string of the molecule is CCCCCCCCC(CCl)OCCOc1ccccc1. The van der Waals surface area contributed by atoms with Crippen LogP contribution in [-0.2, 0) is 4.74 Å². The van der Waals surface area contributed by atoms with Crippen molar-refractivity contribution in [3.05, 3.63) is 30.3 Å². The van der Waals surface area contributed by atoms with E-state index in [2.05, 4.69) is 6.92 Å². The molecule has 0 saturated heterocycles. The lowest BCUT2D eigenvalue weighted by molar-refractivity contribution is 0.0404. The first-order valence-corrected chi connectivity index (χ1v) is 8.75. The summed E-state index contributed by atoms with van der Waals surface area (Å²) in [7, 11) is 0. The van der Waals surface area contributed by atoms with Gasteiger partial charge in [-0.3, -0.25) is 0 Å². The summed E-state index contributed by atoms with van der Waals surface area (Å²) in [5, 5.41) is 0. The zero-order valence-electron chi connectivity index (χ0n) is 13.2. The lowest BCUT2D eigenvalue weighted by atomic mass is 10.1. The molecule has 21 heavy (non-hydrogen) atoms. The molecule has 0 bridgehead atoms. The highest BCUT2D eigenvalue weighted by molar-refractivity contribution is 6.18. The van der Waals surface area contributed by atoms with E-state index in [1.807, 2.05) is 30.3 Å². The normalized spacial score (nSPS) is 12.3. The van der Waals surface area contributed by atoms with Crippen molar-refractivity contribution in [1.29, 1.82) is 0 Å². The molecule has 0 aliphatic rings. The Kier molecular flexibility index (Phi) is 11.3. The molecule has 0 fully saturated rings. The highest BCUT2D eigenvalue weighted by Gasteiger charge is 2.07. The van der Waals surface area contributed by atoms with Gasteiger partial charge >= 0.3 is 0 Å². The van der Waals surface area contributed by atoms with E-state index < -0.39 is 0 Å². The first kappa shape index (κ1) is 18.3. The van der Waals surface area contributed by atoms with E-state index in [0.29, 0.717) is 19.1 Å². The minimum Gasteiger partial charge on any atom is -0.491 e. The van der Waals surface area contributed by atoms with E-state index in [4.69, 9.17) is 21.1 Å². The van der Waals surface area contributed by atoms with Crippen LogP contribution >= 0.6 is 11.6 Å². The van der Waals surface area contributed by atoms with Crippen LogP contribution in [0.3, 0.4) is 0 Å². The molecule has 1 aromatic carbocycles. The summed E-state index contributed by atoms with van der Waals surface area (Å²) >= 11 is 5.96. The van der Waals surface area contributed by atoms with Gasteiger partial charge in [-0.2, -0.15) is 0 Å². The van der Waals surface area contributed by atoms with Crippen molar-refractivity contribution < 1.29 is 9.47 Å². The molecule has 1 atom stereocenters. The molecule has 0 aliphatic carbocycles. The third kappa shape index (κ3) is 9.76. The maximum atomic E-state index is 5.96. The summed E-state index contributed by atoms with van der Waals surface area (Å²) in [6.45, 7) is 3.42. The van der Waals surface area contributed by atoms with E-state index in [1.165, 1.54) is 38.5 Å². The van der Waals surface area contributed by atoms with E-state index in [1.54, 1.807) is 0 Å². The molecular formula is C18H29ClO2. The standard InChI is InChI=1S/C18H29ClO2/c1-2-3-4-5-6-8-13-18(16-19)21-15-14-20-17-11-9-7-10-12-17/h7,9-12,18H,2-6,8,13-16H2,1H3. The topological polar surface area (TPSA) is 18.5 Å². The number of alkyl halides is 1. The van der Waals surface area contributed by atoms with Crippen LogP contribution in [0, 0.1) is 0 Å². The van der Waals surface area contributed by atoms with Gasteiger partial charge in [-0.15, -0.1) is 11.6 Å². The second-order valence-electron chi connectivity index (χ2n) is 5.37. The first-order chi connectivity index (χ1) is 10.4. The third-order valence-corrected chi connectivity index (χ3v) is 3.84. The van der Waals surface area contributed by atoms with Gasteiger partial charge in [-0.05, 0) is 18.6 Å². The molecule has 1 aromatic rings. The predicted molar refractivity (Wildman–Crippen MR) is 90.4 cm³/mol. The third-order valence-electron chi connectivity index (χ3n) is 3.50. The predicted octanol–water partition coefficient (Wildman–Crippen LogP) is 5.44. The number of para-hydroxylation sites is 1. The monoisotopic (exact) mass is 312 g/mol. The van der Waals surface area contributed by atoms with E-state index >= 15 is 0 Å². The summed E-state index contributed by atoms with van der Waals surface area (Å²) < 4.78 is 11.4. The molecule has 0 saturated carbocycles. The maximum Gasteiger partial charge on any atom is 0.119 e. The lowest BCUT2D eigenvalue weighted by Gasteiger charge is -2.15. The second-order valence-corrected chi connectivity index (χ2v) is 5.67. The van der Waals surface area contributed by atoms with Gasteiger partial charge in [-0.1, -0.05) is 63.6 Å². The fourth-order valence-corrected chi connectivity index (χ4v) is 2.49. The Hall–Kier alpha value is -0.730. The molecule has 2 nitrogen and oxygen atoms in total. The minimum absolute atomic E-state index is 0.164. The Morgan fingerprint density at radius 2 is 1.67 bits per heavy atom. The van der Waals surface area contributed by atoms with Gasteiger partial charge in [-0.25, -0.2) is 0 Å². The molecule has 0 aromatic heterocycles. The van der Waals surface area contributed by atoms with Crippen LogP contribution in [0.1, 0.15) is 51.9 Å². The summed E-state index contributed by atoms with van der Waals surface area (Å²) in [5.41, 5.74) is 0. The van der Waals surface area contributed by atoms with Crippen LogP contribution in [0.15, 0.2) is 30.3 Å². The van der Waals surface area contributed by atoms with Gasteiger partial charge in [0.1, 0.15) is 12.4 Å². The van der Waals surface area contributed by atoms with Gasteiger partial charge in [0.2, 0.25) is 0 Å². The highest BCUT2D eigenvalue weighted by atomic mass is 35.5. The Labute approximate surface area is 134 Å². The highest BCUT2D eigenvalue weighted by Crippen LogP contribution is 2.12. The van der Waals surface area contributed by atoms with Gasteiger partial charge in [0.15, 0.2) is 0 Å². The molecule has 3 heteroatoms. The molecular weight excluding hydrogens is 284 g/mol. The molecule has 1 rings (SSSR count). The molecule has 0 radical (unpaired) electrons. The minimum atomic E-state index is 0.164. The summed E-state index contributed by atoms with van der Waals surface area (Å²) in [6, 6.07) is 9.82. The van der Waals surface area contributed by atoms with Crippen molar-refractivity contribution in [3.63, 3.8) is 0 Å². The van der Waals surface area contributed by atoms with Crippen molar-refractivity contribution in [2.45, 2.75) is 58.0 Å². The van der Waals surface area contributed by atoms with Crippen molar-refractivity contribution in [2.24, 2.45) is 0 Å². The number of unbranched alkanes of at least 4 members (excludes halogenated alkanes) is 5. The fourth-order valence-electron chi connectivity index (χ4n) is 2.25. The summed E-state index contributed by atoms with van der Waals surface area (Å²) in [6.07, 6.45) is 9.06. The molecule has 0 amide bonds. The van der Waals surface area contributed by atoms with E-state index in [9.17, 15) is 0 Å². The smallest absolute Gasteiger partial charge is 0.119 e. The van der Waals surface area contributed by atoms with Crippen molar-refractivity contribution >= 4 is 11.6 Å². The van der Waals surface area contributed by atoms with E-state index in [-0.39, 0.29) is 6.10 Å². The fraction of sp³-hybridized carbons (Fsp3) is 0.667. The summed E-state index contributed by atoms with van der Waals surface area (Å²) in [4.78, 5) is 0. The zero-order chi connectivity index (χ0) is 15.2. The van der Waals surface area contributed by atoms with Gasteiger partial charge in [0.25, 0.3) is 0 Å². The van der Waals surface area contributed by atoms with Gasteiger partial charge < -0.3 is 9.47 Å². The van der Waals surface area contributed by atoms with Crippen LogP contribution < -0.4 is 4.74 Å². The van der Waals surface area contributed by atoms with Gasteiger partial charge in [0.05, 0.1) is 12.7 Å². The Morgan fingerprint density at radius 1 is 0.952 bits per heavy atom. The van der Waals surface area contributed by atoms with Crippen molar-refractivity contribution in [3.8, 4) is 5.75 Å². The number of rotatable bonds is 13. The largest absolute Gasteiger partial charge is 0.491 e. The van der Waals surface area contributed by atoms with Crippen LogP contribution in [0.4, 0.5) is 0 Å². The quantitative estimate of drug-likeness (QED) is 0.356. The number of halogens is 1.